The standard InChI is InChI=1S/C11H16N2O3/c1-15-10-4-3-9(8-13-10)7-12-6-5-11(14)16-2/h3-4,8,12H,5-7H2,1-2H3. The van der Waals surface area contributed by atoms with Gasteiger partial charge < -0.3 is 14.8 Å². The molecule has 0 aliphatic heterocycles. The van der Waals surface area contributed by atoms with Gasteiger partial charge in [0, 0.05) is 25.4 Å². The molecule has 0 atom stereocenters. The summed E-state index contributed by atoms with van der Waals surface area (Å²) in [5, 5.41) is 3.12. The summed E-state index contributed by atoms with van der Waals surface area (Å²) in [7, 11) is 2.96. The van der Waals surface area contributed by atoms with E-state index in [9.17, 15) is 4.79 Å². The number of ether oxygens (including phenoxy) is 2. The molecule has 0 fully saturated rings. The van der Waals surface area contributed by atoms with Crippen molar-refractivity contribution in [2.75, 3.05) is 20.8 Å². The number of nitrogens with zero attached hydrogens (tertiary/aromatic N) is 1. The average Bonchev–Trinajstić information content (AvgIpc) is 2.35. The predicted octanol–water partition coefficient (Wildman–Crippen LogP) is 0.743. The zero-order chi connectivity index (χ0) is 11.8. The van der Waals surface area contributed by atoms with Crippen LogP contribution < -0.4 is 10.1 Å². The first-order valence-corrected chi connectivity index (χ1v) is 5.02. The van der Waals surface area contributed by atoms with Crippen molar-refractivity contribution in [1.29, 1.82) is 0 Å². The molecule has 5 nitrogen and oxygen atoms in total. The molecular weight excluding hydrogens is 208 g/mol. The van der Waals surface area contributed by atoms with E-state index in [2.05, 4.69) is 15.0 Å². The van der Waals surface area contributed by atoms with Gasteiger partial charge in [0.15, 0.2) is 0 Å². The van der Waals surface area contributed by atoms with E-state index < -0.39 is 0 Å². The summed E-state index contributed by atoms with van der Waals surface area (Å²) >= 11 is 0. The number of methoxy groups -OCH3 is 2. The maximum absolute atomic E-state index is 10.8. The molecule has 0 saturated heterocycles. The minimum absolute atomic E-state index is 0.208. The van der Waals surface area contributed by atoms with Crippen LogP contribution in [0, 0.1) is 0 Å². The van der Waals surface area contributed by atoms with Crippen LogP contribution in [0.5, 0.6) is 5.88 Å². The summed E-state index contributed by atoms with van der Waals surface area (Å²) in [6.07, 6.45) is 2.12. The summed E-state index contributed by atoms with van der Waals surface area (Å²) in [6, 6.07) is 3.73. The Balaban J connectivity index is 2.24. The van der Waals surface area contributed by atoms with Gasteiger partial charge in [-0.15, -0.1) is 0 Å². The van der Waals surface area contributed by atoms with Gasteiger partial charge in [-0.3, -0.25) is 4.79 Å². The Bertz CT molecular complexity index is 325. The van der Waals surface area contributed by atoms with E-state index in [1.54, 1.807) is 19.4 Å². The van der Waals surface area contributed by atoms with Crippen LogP contribution in [0.4, 0.5) is 0 Å². The van der Waals surface area contributed by atoms with Crippen LogP contribution in [0.15, 0.2) is 18.3 Å². The minimum atomic E-state index is -0.208. The lowest BCUT2D eigenvalue weighted by molar-refractivity contribution is -0.140. The lowest BCUT2D eigenvalue weighted by atomic mass is 10.3. The molecule has 88 valence electrons. The van der Waals surface area contributed by atoms with Crippen LogP contribution in [-0.2, 0) is 16.1 Å². The van der Waals surface area contributed by atoms with Crippen molar-refractivity contribution < 1.29 is 14.3 Å². The summed E-state index contributed by atoms with van der Waals surface area (Å²) in [4.78, 5) is 14.9. The Morgan fingerprint density at radius 1 is 1.44 bits per heavy atom. The van der Waals surface area contributed by atoms with E-state index in [1.807, 2.05) is 6.07 Å². The molecule has 1 heterocycles. The van der Waals surface area contributed by atoms with E-state index in [-0.39, 0.29) is 5.97 Å². The Morgan fingerprint density at radius 2 is 2.25 bits per heavy atom. The molecule has 0 unspecified atom stereocenters. The zero-order valence-electron chi connectivity index (χ0n) is 9.53. The van der Waals surface area contributed by atoms with Crippen molar-refractivity contribution in [3.05, 3.63) is 23.9 Å². The molecule has 0 spiro atoms. The third-order valence-electron chi connectivity index (χ3n) is 2.07. The number of rotatable bonds is 6. The molecule has 1 aromatic rings. The molecule has 5 heteroatoms. The zero-order valence-corrected chi connectivity index (χ0v) is 9.53. The van der Waals surface area contributed by atoms with Gasteiger partial charge in [-0.25, -0.2) is 4.98 Å². The van der Waals surface area contributed by atoms with Crippen molar-refractivity contribution >= 4 is 5.97 Å². The number of pyridine rings is 1. The summed E-state index contributed by atoms with van der Waals surface area (Å²) in [5.74, 6) is 0.388. The average molecular weight is 224 g/mol. The van der Waals surface area contributed by atoms with E-state index in [0.717, 1.165) is 5.56 Å². The van der Waals surface area contributed by atoms with Crippen LogP contribution in [0.2, 0.25) is 0 Å². The fraction of sp³-hybridized carbons (Fsp3) is 0.455. The summed E-state index contributed by atoms with van der Waals surface area (Å²) < 4.78 is 9.47. The van der Waals surface area contributed by atoms with Gasteiger partial charge in [0.05, 0.1) is 20.6 Å². The summed E-state index contributed by atoms with van der Waals surface area (Å²) in [5.41, 5.74) is 1.05. The van der Waals surface area contributed by atoms with Gasteiger partial charge in [-0.05, 0) is 5.56 Å². The second-order valence-electron chi connectivity index (χ2n) is 3.21. The van der Waals surface area contributed by atoms with Crippen molar-refractivity contribution in [2.45, 2.75) is 13.0 Å². The van der Waals surface area contributed by atoms with Crippen LogP contribution in [-0.4, -0.2) is 31.7 Å². The Labute approximate surface area is 94.8 Å². The molecule has 1 aromatic heterocycles. The number of aromatic nitrogens is 1. The van der Waals surface area contributed by atoms with Crippen molar-refractivity contribution in [3.63, 3.8) is 0 Å². The predicted molar refractivity (Wildman–Crippen MR) is 59.1 cm³/mol. The Morgan fingerprint density at radius 3 is 2.81 bits per heavy atom. The molecule has 0 amide bonds. The highest BCUT2D eigenvalue weighted by Crippen LogP contribution is 2.05. The molecular formula is C11H16N2O3. The molecule has 0 saturated carbocycles. The van der Waals surface area contributed by atoms with Gasteiger partial charge in [-0.1, -0.05) is 6.07 Å². The number of carbonyl (C=O) groups excluding carboxylic acids is 1. The van der Waals surface area contributed by atoms with Crippen LogP contribution in [0.3, 0.4) is 0 Å². The van der Waals surface area contributed by atoms with Crippen LogP contribution >= 0.6 is 0 Å². The van der Waals surface area contributed by atoms with Crippen molar-refractivity contribution in [2.24, 2.45) is 0 Å². The van der Waals surface area contributed by atoms with Crippen molar-refractivity contribution in [1.82, 2.24) is 10.3 Å². The van der Waals surface area contributed by atoms with E-state index >= 15 is 0 Å². The molecule has 0 aliphatic carbocycles. The first kappa shape index (κ1) is 12.4. The highest BCUT2D eigenvalue weighted by atomic mass is 16.5. The lowest BCUT2D eigenvalue weighted by Crippen LogP contribution is -2.18. The highest BCUT2D eigenvalue weighted by molar-refractivity contribution is 5.69. The maximum atomic E-state index is 10.8. The normalized spacial score (nSPS) is 9.88. The highest BCUT2D eigenvalue weighted by Gasteiger charge is 1.99. The fourth-order valence-electron chi connectivity index (χ4n) is 1.16. The van der Waals surface area contributed by atoms with Gasteiger partial charge in [0.25, 0.3) is 0 Å². The van der Waals surface area contributed by atoms with Crippen LogP contribution in [0.1, 0.15) is 12.0 Å². The fourth-order valence-corrected chi connectivity index (χ4v) is 1.16. The Hall–Kier alpha value is -1.62. The van der Waals surface area contributed by atoms with Crippen LogP contribution in [0.25, 0.3) is 0 Å². The topological polar surface area (TPSA) is 60.5 Å². The molecule has 16 heavy (non-hydrogen) atoms. The first-order chi connectivity index (χ1) is 7.76. The van der Waals surface area contributed by atoms with Gasteiger partial charge in [-0.2, -0.15) is 0 Å². The second-order valence-corrected chi connectivity index (χ2v) is 3.21. The number of carbonyl (C=O) groups is 1. The number of hydrogen-bond donors (Lipinski definition) is 1. The van der Waals surface area contributed by atoms with Gasteiger partial charge >= 0.3 is 5.97 Å². The molecule has 0 aliphatic rings. The number of hydrogen-bond acceptors (Lipinski definition) is 5. The molecule has 1 N–H and O–H groups in total. The van der Waals surface area contributed by atoms with Gasteiger partial charge in [0.2, 0.25) is 5.88 Å². The van der Waals surface area contributed by atoms with E-state index in [1.165, 1.54) is 7.11 Å². The minimum Gasteiger partial charge on any atom is -0.481 e. The smallest absolute Gasteiger partial charge is 0.306 e. The number of nitrogens with one attached hydrogen (secondary N) is 1. The van der Waals surface area contributed by atoms with E-state index in [0.29, 0.717) is 25.4 Å². The third kappa shape index (κ3) is 4.27. The lowest BCUT2D eigenvalue weighted by Gasteiger charge is -2.04. The molecule has 0 radical (unpaired) electrons. The molecule has 0 aromatic carbocycles. The monoisotopic (exact) mass is 224 g/mol. The van der Waals surface area contributed by atoms with Crippen molar-refractivity contribution in [3.8, 4) is 5.88 Å². The second kappa shape index (κ2) is 6.79. The number of esters is 1. The quantitative estimate of drug-likeness (QED) is 0.570. The first-order valence-electron chi connectivity index (χ1n) is 5.02. The molecule has 0 bridgehead atoms. The summed E-state index contributed by atoms with van der Waals surface area (Å²) in [6.45, 7) is 1.27. The SMILES string of the molecule is COC(=O)CCNCc1ccc(OC)nc1. The largest absolute Gasteiger partial charge is 0.481 e. The molecule has 1 rings (SSSR count). The van der Waals surface area contributed by atoms with E-state index in [4.69, 9.17) is 4.74 Å². The van der Waals surface area contributed by atoms with Gasteiger partial charge in [0.1, 0.15) is 0 Å². The third-order valence-corrected chi connectivity index (χ3v) is 2.07. The maximum Gasteiger partial charge on any atom is 0.306 e. The Kier molecular flexibility index (Phi) is 5.28.